The van der Waals surface area contributed by atoms with Crippen molar-refractivity contribution in [3.05, 3.63) is 72.1 Å². The van der Waals surface area contributed by atoms with Crippen LogP contribution < -0.4 is 14.8 Å². The van der Waals surface area contributed by atoms with Gasteiger partial charge in [-0.2, -0.15) is 0 Å². The molecule has 0 aliphatic heterocycles. The summed E-state index contributed by atoms with van der Waals surface area (Å²) in [5.74, 6) is 1.21. The Morgan fingerprint density at radius 2 is 1.72 bits per heavy atom. The van der Waals surface area contributed by atoms with Gasteiger partial charge < -0.3 is 14.8 Å². The zero-order valence-corrected chi connectivity index (χ0v) is 16.7. The highest BCUT2D eigenvalue weighted by Gasteiger charge is 2.09. The van der Waals surface area contributed by atoms with Crippen LogP contribution in [-0.4, -0.2) is 22.5 Å². The molecule has 0 spiro atoms. The smallest absolute Gasteiger partial charge is 0.321 e. The summed E-state index contributed by atoms with van der Waals surface area (Å²) in [4.78, 5) is 20.6. The van der Waals surface area contributed by atoms with Crippen LogP contribution in [0.15, 0.2) is 60.9 Å². The average molecular weight is 391 g/mol. The van der Waals surface area contributed by atoms with Crippen LogP contribution in [0.5, 0.6) is 17.5 Å². The van der Waals surface area contributed by atoms with Crippen LogP contribution >= 0.6 is 0 Å². The summed E-state index contributed by atoms with van der Waals surface area (Å²) in [6.07, 6.45) is 6.59. The third-order valence-corrected chi connectivity index (χ3v) is 4.33. The maximum absolute atomic E-state index is 12.5. The highest BCUT2D eigenvalue weighted by molar-refractivity contribution is 6.04. The number of ether oxygens (including phenoxy) is 2. The Labute approximate surface area is 170 Å². The number of benzene rings is 2. The largest absolute Gasteiger partial charge is 0.494 e. The summed E-state index contributed by atoms with van der Waals surface area (Å²) in [6.45, 7) is 4.76. The van der Waals surface area contributed by atoms with E-state index >= 15 is 0 Å². The molecule has 1 amide bonds. The van der Waals surface area contributed by atoms with E-state index in [1.807, 2.05) is 25.1 Å². The summed E-state index contributed by atoms with van der Waals surface area (Å²) in [6, 6.07) is 14.6. The van der Waals surface area contributed by atoms with Gasteiger partial charge in [-0.25, -0.2) is 9.97 Å². The first-order valence-electron chi connectivity index (χ1n) is 9.75. The van der Waals surface area contributed by atoms with Crippen LogP contribution in [0.25, 0.3) is 0 Å². The zero-order chi connectivity index (χ0) is 20.5. The van der Waals surface area contributed by atoms with Crippen molar-refractivity contribution in [2.75, 3.05) is 11.9 Å². The Kier molecular flexibility index (Phi) is 7.16. The van der Waals surface area contributed by atoms with Gasteiger partial charge in [-0.1, -0.05) is 19.8 Å². The number of nitrogens with one attached hydrogen (secondary N) is 1. The quantitative estimate of drug-likeness (QED) is 0.495. The lowest BCUT2D eigenvalue weighted by Crippen LogP contribution is -2.12. The molecule has 0 aliphatic rings. The van der Waals surface area contributed by atoms with Crippen LogP contribution in [0, 0.1) is 6.92 Å². The minimum atomic E-state index is -0.175. The van der Waals surface area contributed by atoms with Gasteiger partial charge in [0.05, 0.1) is 6.61 Å². The average Bonchev–Trinajstić information content (AvgIpc) is 2.74. The Morgan fingerprint density at radius 1 is 1.00 bits per heavy atom. The Morgan fingerprint density at radius 3 is 2.41 bits per heavy atom. The summed E-state index contributed by atoms with van der Waals surface area (Å²) in [5, 5.41) is 2.93. The second kappa shape index (κ2) is 10.2. The number of carbonyl (C=O) groups excluding carboxylic acids is 1. The van der Waals surface area contributed by atoms with Crippen molar-refractivity contribution in [3.63, 3.8) is 0 Å². The Bertz CT molecular complexity index is 928. The molecule has 3 rings (SSSR count). The Balaban J connectivity index is 1.58. The molecule has 6 heteroatoms. The minimum Gasteiger partial charge on any atom is -0.494 e. The van der Waals surface area contributed by atoms with E-state index in [0.29, 0.717) is 17.9 Å². The lowest BCUT2D eigenvalue weighted by Gasteiger charge is -2.11. The number of hydrogen-bond acceptors (Lipinski definition) is 5. The maximum Gasteiger partial charge on any atom is 0.321 e. The van der Waals surface area contributed by atoms with Gasteiger partial charge in [-0.05, 0) is 67.4 Å². The van der Waals surface area contributed by atoms with Crippen molar-refractivity contribution in [1.82, 2.24) is 9.97 Å². The second-order valence-corrected chi connectivity index (χ2v) is 6.64. The summed E-state index contributed by atoms with van der Waals surface area (Å²) in [5.41, 5.74) is 2.17. The molecule has 0 atom stereocenters. The number of amides is 1. The third-order valence-electron chi connectivity index (χ3n) is 4.33. The van der Waals surface area contributed by atoms with Crippen LogP contribution in [0.1, 0.15) is 42.1 Å². The minimum absolute atomic E-state index is 0.175. The van der Waals surface area contributed by atoms with Crippen LogP contribution in [0.3, 0.4) is 0 Å². The van der Waals surface area contributed by atoms with E-state index in [1.54, 1.807) is 42.7 Å². The number of unbranched alkanes of at least 4 members (excludes halogenated alkanes) is 2. The number of anilines is 1. The van der Waals surface area contributed by atoms with E-state index in [-0.39, 0.29) is 11.9 Å². The number of aromatic nitrogens is 2. The van der Waals surface area contributed by atoms with E-state index in [4.69, 9.17) is 9.47 Å². The lowest BCUT2D eigenvalue weighted by atomic mass is 10.1. The van der Waals surface area contributed by atoms with Crippen LogP contribution in [0.2, 0.25) is 0 Å². The predicted molar refractivity (Wildman–Crippen MR) is 113 cm³/mol. The monoisotopic (exact) mass is 391 g/mol. The topological polar surface area (TPSA) is 73.3 Å². The molecular weight excluding hydrogens is 366 g/mol. The van der Waals surface area contributed by atoms with E-state index in [1.165, 1.54) is 0 Å². The highest BCUT2D eigenvalue weighted by Crippen LogP contribution is 2.25. The molecule has 0 unspecified atom stereocenters. The first-order chi connectivity index (χ1) is 14.2. The third kappa shape index (κ3) is 6.04. The fourth-order valence-corrected chi connectivity index (χ4v) is 2.72. The van der Waals surface area contributed by atoms with E-state index < -0.39 is 0 Å². The van der Waals surface area contributed by atoms with Gasteiger partial charge >= 0.3 is 6.01 Å². The number of hydrogen-bond donors (Lipinski definition) is 1. The number of nitrogens with zero attached hydrogens (tertiary/aromatic N) is 2. The molecule has 0 saturated heterocycles. The highest BCUT2D eigenvalue weighted by atomic mass is 16.5. The molecule has 0 radical (unpaired) electrons. The van der Waals surface area contributed by atoms with Crippen molar-refractivity contribution < 1.29 is 14.3 Å². The van der Waals surface area contributed by atoms with Crippen molar-refractivity contribution in [3.8, 4) is 17.5 Å². The lowest BCUT2D eigenvalue weighted by molar-refractivity contribution is 0.102. The van der Waals surface area contributed by atoms with Gasteiger partial charge in [-0.15, -0.1) is 0 Å². The summed E-state index contributed by atoms with van der Waals surface area (Å²) < 4.78 is 11.3. The first kappa shape index (κ1) is 20.3. The van der Waals surface area contributed by atoms with Gasteiger partial charge in [0.25, 0.3) is 5.91 Å². The fourth-order valence-electron chi connectivity index (χ4n) is 2.72. The molecule has 0 fully saturated rings. The molecule has 0 saturated carbocycles. The van der Waals surface area contributed by atoms with E-state index in [9.17, 15) is 4.79 Å². The molecule has 1 N–H and O–H groups in total. The number of aryl methyl sites for hydroxylation is 1. The SMILES string of the molecule is CCCCCOc1ccc(C(=O)Nc2ccc(Oc3ncccn3)cc2C)cc1. The first-order valence-corrected chi connectivity index (χ1v) is 9.75. The standard InChI is InChI=1S/C23H25N3O3/c1-3-4-5-15-28-19-9-7-18(8-10-19)22(27)26-21-12-11-20(16-17(21)2)29-23-24-13-6-14-25-23/h6-14,16H,3-5,15H2,1-2H3,(H,26,27). The fraction of sp³-hybridized carbons (Fsp3) is 0.261. The van der Waals surface area contributed by atoms with Gasteiger partial charge in [-0.3, -0.25) is 4.79 Å². The van der Waals surface area contributed by atoms with Gasteiger partial charge in [0.1, 0.15) is 11.5 Å². The van der Waals surface area contributed by atoms with Crippen molar-refractivity contribution in [2.45, 2.75) is 33.1 Å². The maximum atomic E-state index is 12.5. The van der Waals surface area contributed by atoms with E-state index in [0.717, 1.165) is 36.3 Å². The van der Waals surface area contributed by atoms with Gasteiger partial charge in [0, 0.05) is 23.6 Å². The number of rotatable bonds is 9. The van der Waals surface area contributed by atoms with E-state index in [2.05, 4.69) is 22.2 Å². The summed E-state index contributed by atoms with van der Waals surface area (Å²) >= 11 is 0. The number of carbonyl (C=O) groups is 1. The molecule has 29 heavy (non-hydrogen) atoms. The molecule has 0 bridgehead atoms. The molecule has 150 valence electrons. The summed E-state index contributed by atoms with van der Waals surface area (Å²) in [7, 11) is 0. The normalized spacial score (nSPS) is 10.4. The molecule has 2 aromatic carbocycles. The molecule has 1 aromatic heterocycles. The van der Waals surface area contributed by atoms with Gasteiger partial charge in [0.2, 0.25) is 0 Å². The molecule has 6 nitrogen and oxygen atoms in total. The Hall–Kier alpha value is -3.41. The molecule has 3 aromatic rings. The van der Waals surface area contributed by atoms with Gasteiger partial charge in [0.15, 0.2) is 0 Å². The zero-order valence-electron chi connectivity index (χ0n) is 16.7. The molecule has 0 aliphatic carbocycles. The predicted octanol–water partition coefficient (Wildman–Crippen LogP) is 5.40. The van der Waals surface area contributed by atoms with Crippen molar-refractivity contribution >= 4 is 11.6 Å². The van der Waals surface area contributed by atoms with Crippen molar-refractivity contribution in [2.24, 2.45) is 0 Å². The van der Waals surface area contributed by atoms with Crippen LogP contribution in [0.4, 0.5) is 5.69 Å². The molecule has 1 heterocycles. The van der Waals surface area contributed by atoms with Crippen molar-refractivity contribution in [1.29, 1.82) is 0 Å². The second-order valence-electron chi connectivity index (χ2n) is 6.64. The van der Waals surface area contributed by atoms with Crippen LogP contribution in [-0.2, 0) is 0 Å². The molecular formula is C23H25N3O3.